The Labute approximate surface area is 85.1 Å². The lowest BCUT2D eigenvalue weighted by Crippen LogP contribution is -1.88. The quantitative estimate of drug-likeness (QED) is 0.763. The molecule has 2 rings (SSSR count). The first kappa shape index (κ1) is 8.78. The van der Waals surface area contributed by atoms with Gasteiger partial charge >= 0.3 is 0 Å². The van der Waals surface area contributed by atoms with Crippen molar-refractivity contribution < 1.29 is 4.74 Å². The molecule has 0 bridgehead atoms. The van der Waals surface area contributed by atoms with E-state index in [4.69, 9.17) is 16.3 Å². The summed E-state index contributed by atoms with van der Waals surface area (Å²) in [7, 11) is 0. The molecule has 4 heteroatoms. The summed E-state index contributed by atoms with van der Waals surface area (Å²) < 4.78 is 6.36. The smallest absolute Gasteiger partial charge is 0.274 e. The van der Waals surface area contributed by atoms with Gasteiger partial charge in [0, 0.05) is 5.02 Å². The van der Waals surface area contributed by atoms with Crippen LogP contribution in [0.4, 0.5) is 0 Å². The summed E-state index contributed by atoms with van der Waals surface area (Å²) in [5, 5.41) is 1.44. The molecule has 0 radical (unpaired) electrons. The van der Waals surface area contributed by atoms with Gasteiger partial charge in [-0.25, -0.2) is 4.98 Å². The van der Waals surface area contributed by atoms with Crippen molar-refractivity contribution in [3.05, 3.63) is 23.2 Å². The Morgan fingerprint density at radius 3 is 3.15 bits per heavy atom. The summed E-state index contributed by atoms with van der Waals surface area (Å²) >= 11 is 7.36. The predicted molar refractivity (Wildman–Crippen MR) is 55.8 cm³/mol. The number of fused-ring (bicyclic) bond motifs is 1. The molecule has 1 heterocycles. The van der Waals surface area contributed by atoms with E-state index in [1.165, 1.54) is 11.3 Å². The third-order valence-corrected chi connectivity index (χ3v) is 2.76. The second-order valence-electron chi connectivity index (χ2n) is 2.52. The number of halogens is 1. The summed E-state index contributed by atoms with van der Waals surface area (Å²) in [5.41, 5.74) is 0.942. The van der Waals surface area contributed by atoms with Gasteiger partial charge in [0.15, 0.2) is 0 Å². The first-order valence-electron chi connectivity index (χ1n) is 3.98. The molecule has 13 heavy (non-hydrogen) atoms. The molecule has 0 aliphatic rings. The molecule has 2 nitrogen and oxygen atoms in total. The molecule has 0 aliphatic carbocycles. The first-order valence-corrected chi connectivity index (χ1v) is 5.18. The van der Waals surface area contributed by atoms with Crippen molar-refractivity contribution in [3.8, 4) is 5.19 Å². The highest BCUT2D eigenvalue weighted by Crippen LogP contribution is 2.29. The summed E-state index contributed by atoms with van der Waals surface area (Å²) in [5.74, 6) is 0. The lowest BCUT2D eigenvalue weighted by molar-refractivity contribution is 0.339. The van der Waals surface area contributed by atoms with Crippen LogP contribution in [-0.2, 0) is 0 Å². The highest BCUT2D eigenvalue weighted by Gasteiger charge is 2.03. The van der Waals surface area contributed by atoms with E-state index in [9.17, 15) is 0 Å². The van der Waals surface area contributed by atoms with Crippen LogP contribution >= 0.6 is 22.9 Å². The van der Waals surface area contributed by atoms with Crippen LogP contribution in [0.25, 0.3) is 10.2 Å². The minimum absolute atomic E-state index is 0.646. The van der Waals surface area contributed by atoms with E-state index < -0.39 is 0 Å². The van der Waals surface area contributed by atoms with Crippen molar-refractivity contribution in [2.75, 3.05) is 6.61 Å². The lowest BCUT2D eigenvalue weighted by Gasteiger charge is -1.92. The largest absolute Gasteiger partial charge is 0.470 e. The van der Waals surface area contributed by atoms with Crippen LogP contribution in [0.15, 0.2) is 18.2 Å². The van der Waals surface area contributed by atoms with Gasteiger partial charge in [0.25, 0.3) is 5.19 Å². The fraction of sp³-hybridized carbons (Fsp3) is 0.222. The van der Waals surface area contributed by atoms with Crippen LogP contribution in [0, 0.1) is 0 Å². The molecular formula is C9H8ClNOS. The number of hydrogen-bond donors (Lipinski definition) is 0. The van der Waals surface area contributed by atoms with Crippen molar-refractivity contribution in [1.29, 1.82) is 0 Å². The zero-order chi connectivity index (χ0) is 9.26. The molecule has 0 atom stereocenters. The Bertz CT molecular complexity index is 426. The summed E-state index contributed by atoms with van der Waals surface area (Å²) in [6.45, 7) is 2.59. The van der Waals surface area contributed by atoms with E-state index in [0.29, 0.717) is 11.8 Å². The van der Waals surface area contributed by atoms with E-state index in [1.807, 2.05) is 25.1 Å². The number of hydrogen-bond acceptors (Lipinski definition) is 3. The summed E-state index contributed by atoms with van der Waals surface area (Å²) in [6.07, 6.45) is 0. The molecular weight excluding hydrogens is 206 g/mol. The Morgan fingerprint density at radius 2 is 2.38 bits per heavy atom. The third kappa shape index (κ3) is 1.76. The van der Waals surface area contributed by atoms with Crippen LogP contribution < -0.4 is 4.74 Å². The number of rotatable bonds is 2. The maximum atomic E-state index is 5.84. The predicted octanol–water partition coefficient (Wildman–Crippen LogP) is 3.35. The zero-order valence-electron chi connectivity index (χ0n) is 7.08. The van der Waals surface area contributed by atoms with Gasteiger partial charge in [0.1, 0.15) is 0 Å². The van der Waals surface area contributed by atoms with Gasteiger partial charge in [-0.1, -0.05) is 22.9 Å². The van der Waals surface area contributed by atoms with E-state index in [0.717, 1.165) is 15.2 Å². The molecule has 0 saturated heterocycles. The lowest BCUT2D eigenvalue weighted by atomic mass is 10.3. The minimum Gasteiger partial charge on any atom is -0.470 e. The second-order valence-corrected chi connectivity index (χ2v) is 3.95. The minimum atomic E-state index is 0.646. The molecule has 1 aromatic carbocycles. The van der Waals surface area contributed by atoms with Gasteiger partial charge < -0.3 is 4.74 Å². The molecule has 68 valence electrons. The van der Waals surface area contributed by atoms with Crippen LogP contribution in [-0.4, -0.2) is 11.6 Å². The van der Waals surface area contributed by atoms with Gasteiger partial charge in [-0.15, -0.1) is 0 Å². The fourth-order valence-electron chi connectivity index (χ4n) is 1.06. The SMILES string of the molecule is CCOc1nc2ccc(Cl)cc2s1. The van der Waals surface area contributed by atoms with Crippen LogP contribution in [0.3, 0.4) is 0 Å². The van der Waals surface area contributed by atoms with Gasteiger partial charge in [-0.3, -0.25) is 0 Å². The standard InChI is InChI=1S/C9H8ClNOS/c1-2-12-9-11-7-4-3-6(10)5-8(7)13-9/h3-5H,2H2,1H3. The number of benzene rings is 1. The molecule has 0 amide bonds. The van der Waals surface area contributed by atoms with E-state index in [1.54, 1.807) is 0 Å². The summed E-state index contributed by atoms with van der Waals surface area (Å²) in [6, 6.07) is 5.63. The van der Waals surface area contributed by atoms with Gasteiger partial charge in [-0.2, -0.15) is 0 Å². The van der Waals surface area contributed by atoms with Crippen molar-refractivity contribution in [2.24, 2.45) is 0 Å². The molecule has 0 aliphatic heterocycles. The maximum absolute atomic E-state index is 5.84. The van der Waals surface area contributed by atoms with Gasteiger partial charge in [0.2, 0.25) is 0 Å². The Balaban J connectivity index is 2.49. The monoisotopic (exact) mass is 213 g/mol. The van der Waals surface area contributed by atoms with Crippen molar-refractivity contribution in [3.63, 3.8) is 0 Å². The first-order chi connectivity index (χ1) is 6.29. The van der Waals surface area contributed by atoms with Crippen LogP contribution in [0.5, 0.6) is 5.19 Å². The maximum Gasteiger partial charge on any atom is 0.274 e. The number of nitrogens with zero attached hydrogens (tertiary/aromatic N) is 1. The molecule has 0 unspecified atom stereocenters. The summed E-state index contributed by atoms with van der Waals surface area (Å²) in [4.78, 5) is 4.28. The highest BCUT2D eigenvalue weighted by atomic mass is 35.5. The molecule has 0 saturated carbocycles. The van der Waals surface area contributed by atoms with Gasteiger partial charge in [0.05, 0.1) is 16.8 Å². The van der Waals surface area contributed by atoms with E-state index in [2.05, 4.69) is 4.98 Å². The van der Waals surface area contributed by atoms with Crippen LogP contribution in [0.2, 0.25) is 5.02 Å². The molecule has 1 aromatic heterocycles. The fourth-order valence-corrected chi connectivity index (χ4v) is 2.21. The molecule has 2 aromatic rings. The molecule has 0 fully saturated rings. The Hall–Kier alpha value is -0.800. The van der Waals surface area contributed by atoms with Crippen molar-refractivity contribution >= 4 is 33.2 Å². The number of aromatic nitrogens is 1. The Kier molecular flexibility index (Phi) is 2.38. The molecule has 0 N–H and O–H groups in total. The number of thiazole rings is 1. The highest BCUT2D eigenvalue weighted by molar-refractivity contribution is 7.20. The van der Waals surface area contributed by atoms with E-state index in [-0.39, 0.29) is 0 Å². The normalized spacial score (nSPS) is 10.6. The molecule has 0 spiro atoms. The topological polar surface area (TPSA) is 22.1 Å². The van der Waals surface area contributed by atoms with Crippen molar-refractivity contribution in [1.82, 2.24) is 4.98 Å². The Morgan fingerprint density at radius 1 is 1.54 bits per heavy atom. The van der Waals surface area contributed by atoms with Gasteiger partial charge in [-0.05, 0) is 25.1 Å². The van der Waals surface area contributed by atoms with E-state index >= 15 is 0 Å². The average Bonchev–Trinajstić information content (AvgIpc) is 2.46. The number of ether oxygens (including phenoxy) is 1. The second kappa shape index (κ2) is 3.52. The average molecular weight is 214 g/mol. The third-order valence-electron chi connectivity index (χ3n) is 1.60. The van der Waals surface area contributed by atoms with Crippen LogP contribution in [0.1, 0.15) is 6.92 Å². The van der Waals surface area contributed by atoms with Crippen molar-refractivity contribution in [2.45, 2.75) is 6.92 Å². The zero-order valence-corrected chi connectivity index (χ0v) is 8.65.